The number of carbonyl (C=O) groups is 1. The van der Waals surface area contributed by atoms with Gasteiger partial charge in [-0.2, -0.15) is 0 Å². The molecule has 0 saturated carbocycles. The lowest BCUT2D eigenvalue weighted by Crippen LogP contribution is -2.44. The van der Waals surface area contributed by atoms with Crippen molar-refractivity contribution in [3.63, 3.8) is 0 Å². The Morgan fingerprint density at radius 1 is 1.22 bits per heavy atom. The highest BCUT2D eigenvalue weighted by Gasteiger charge is 2.33. The van der Waals surface area contributed by atoms with Crippen LogP contribution in [0.1, 0.15) is 74.7 Å². The molecule has 0 aromatic heterocycles. The van der Waals surface area contributed by atoms with Gasteiger partial charge in [-0.3, -0.25) is 0 Å². The summed E-state index contributed by atoms with van der Waals surface area (Å²) in [6.07, 6.45) is 3.00. The van der Waals surface area contributed by atoms with Gasteiger partial charge in [0.25, 0.3) is 0 Å². The minimum Gasteiger partial charge on any atom is -0.444 e. The van der Waals surface area contributed by atoms with Gasteiger partial charge in [0.05, 0.1) is 0 Å². The Morgan fingerprint density at radius 2 is 1.83 bits per heavy atom. The molecule has 136 valence electrons. The molecule has 0 spiro atoms. The third-order valence-electron chi connectivity index (χ3n) is 5.10. The van der Waals surface area contributed by atoms with Crippen LogP contribution in [0.15, 0.2) is 0 Å². The average molecular weight is 327 g/mol. The number of carbonyl (C=O) groups excluding carboxylic acids is 1. The van der Waals surface area contributed by atoms with E-state index in [-0.39, 0.29) is 11.5 Å². The highest BCUT2D eigenvalue weighted by molar-refractivity contribution is 5.68. The Labute approximate surface area is 143 Å². The fraction of sp³-hybridized carbons (Fsp3) is 0.947. The molecule has 1 fully saturated rings. The van der Waals surface area contributed by atoms with Crippen molar-refractivity contribution in [2.45, 2.75) is 92.3 Å². The van der Waals surface area contributed by atoms with E-state index in [1.54, 1.807) is 0 Å². The van der Waals surface area contributed by atoms with Gasteiger partial charge in [0, 0.05) is 25.2 Å². The van der Waals surface area contributed by atoms with Crippen molar-refractivity contribution < 1.29 is 9.53 Å². The molecule has 23 heavy (non-hydrogen) atoms. The molecule has 0 bridgehead atoms. The molecule has 1 aliphatic rings. The first kappa shape index (κ1) is 20.3. The van der Waals surface area contributed by atoms with Gasteiger partial charge in [-0.25, -0.2) is 4.79 Å². The van der Waals surface area contributed by atoms with Gasteiger partial charge >= 0.3 is 6.09 Å². The largest absolute Gasteiger partial charge is 0.444 e. The number of nitrogens with one attached hydrogen (secondary N) is 1. The van der Waals surface area contributed by atoms with Crippen LogP contribution in [0.3, 0.4) is 0 Å². The highest BCUT2D eigenvalue weighted by Crippen LogP contribution is 2.26. The van der Waals surface area contributed by atoms with Crippen molar-refractivity contribution in [1.29, 1.82) is 0 Å². The Hall–Kier alpha value is -0.770. The van der Waals surface area contributed by atoms with E-state index in [0.717, 1.165) is 32.4 Å². The average Bonchev–Trinajstić information content (AvgIpc) is 2.82. The van der Waals surface area contributed by atoms with Gasteiger partial charge in [-0.05, 0) is 58.3 Å². The van der Waals surface area contributed by atoms with Gasteiger partial charge in [-0.1, -0.05) is 27.7 Å². The molecule has 4 heteroatoms. The van der Waals surface area contributed by atoms with Crippen LogP contribution in [0.2, 0.25) is 0 Å². The normalized spacial score (nSPS) is 20.9. The molecular formula is C19H38N2O2. The Morgan fingerprint density at radius 3 is 2.35 bits per heavy atom. The van der Waals surface area contributed by atoms with E-state index in [9.17, 15) is 4.79 Å². The van der Waals surface area contributed by atoms with E-state index in [1.165, 1.54) is 0 Å². The van der Waals surface area contributed by atoms with Crippen molar-refractivity contribution >= 4 is 6.09 Å². The van der Waals surface area contributed by atoms with Crippen LogP contribution in [0.5, 0.6) is 0 Å². The van der Waals surface area contributed by atoms with Gasteiger partial charge < -0.3 is 15.0 Å². The molecular weight excluding hydrogens is 288 g/mol. The third-order valence-corrected chi connectivity index (χ3v) is 5.10. The van der Waals surface area contributed by atoms with Crippen LogP contribution in [0, 0.1) is 11.3 Å². The zero-order chi connectivity index (χ0) is 17.8. The molecule has 0 aromatic carbocycles. The SMILES string of the molecule is CC(CC1CCCN1C(=O)OC(C)(C)C)NCC(C)(C)C(C)C. The number of ether oxygens (including phenoxy) is 1. The second-order valence-electron chi connectivity index (χ2n) is 9.13. The number of rotatable bonds is 6. The Balaban J connectivity index is 2.50. The van der Waals surface area contributed by atoms with Crippen LogP contribution in [-0.2, 0) is 4.74 Å². The predicted molar refractivity (Wildman–Crippen MR) is 96.7 cm³/mol. The van der Waals surface area contributed by atoms with Crippen molar-refractivity contribution in [3.05, 3.63) is 0 Å². The maximum atomic E-state index is 12.3. The summed E-state index contributed by atoms with van der Waals surface area (Å²) in [5, 5.41) is 3.66. The lowest BCUT2D eigenvalue weighted by Gasteiger charge is -2.33. The quantitative estimate of drug-likeness (QED) is 0.785. The molecule has 0 aromatic rings. The molecule has 2 atom stereocenters. The molecule has 1 amide bonds. The summed E-state index contributed by atoms with van der Waals surface area (Å²) in [7, 11) is 0. The topological polar surface area (TPSA) is 41.6 Å². The van der Waals surface area contributed by atoms with E-state index in [2.05, 4.69) is 39.9 Å². The summed E-state index contributed by atoms with van der Waals surface area (Å²) in [6, 6.07) is 0.704. The van der Waals surface area contributed by atoms with E-state index >= 15 is 0 Å². The van der Waals surface area contributed by atoms with E-state index in [4.69, 9.17) is 4.74 Å². The summed E-state index contributed by atoms with van der Waals surface area (Å²) in [4.78, 5) is 14.3. The van der Waals surface area contributed by atoms with Crippen LogP contribution >= 0.6 is 0 Å². The second kappa shape index (κ2) is 7.87. The first-order valence-corrected chi connectivity index (χ1v) is 9.15. The molecule has 0 aliphatic carbocycles. The van der Waals surface area contributed by atoms with Gasteiger partial charge in [-0.15, -0.1) is 0 Å². The molecule has 4 nitrogen and oxygen atoms in total. The smallest absolute Gasteiger partial charge is 0.410 e. The minimum atomic E-state index is -0.421. The van der Waals surface area contributed by atoms with E-state index < -0.39 is 5.60 Å². The lowest BCUT2D eigenvalue weighted by atomic mass is 9.81. The summed E-state index contributed by atoms with van der Waals surface area (Å²) in [5.41, 5.74) is -0.135. The van der Waals surface area contributed by atoms with Gasteiger partial charge in [0.15, 0.2) is 0 Å². The van der Waals surface area contributed by atoms with Crippen LogP contribution in [0.25, 0.3) is 0 Å². The summed E-state index contributed by atoms with van der Waals surface area (Å²) in [6.45, 7) is 19.0. The number of likely N-dealkylation sites (tertiary alicyclic amines) is 1. The van der Waals surface area contributed by atoms with Crippen LogP contribution in [-0.4, -0.2) is 41.8 Å². The highest BCUT2D eigenvalue weighted by atomic mass is 16.6. The Bertz CT molecular complexity index is 385. The van der Waals surface area contributed by atoms with Crippen molar-refractivity contribution in [1.82, 2.24) is 10.2 Å². The monoisotopic (exact) mass is 326 g/mol. The number of hydrogen-bond acceptors (Lipinski definition) is 3. The molecule has 1 saturated heterocycles. The summed E-state index contributed by atoms with van der Waals surface area (Å²) in [5.74, 6) is 0.645. The maximum absolute atomic E-state index is 12.3. The van der Waals surface area contributed by atoms with E-state index in [1.807, 2.05) is 25.7 Å². The first-order valence-electron chi connectivity index (χ1n) is 9.15. The van der Waals surface area contributed by atoms with Crippen molar-refractivity contribution in [2.24, 2.45) is 11.3 Å². The zero-order valence-electron chi connectivity index (χ0n) is 16.5. The number of hydrogen-bond donors (Lipinski definition) is 1. The number of amides is 1. The lowest BCUT2D eigenvalue weighted by molar-refractivity contribution is 0.0213. The second-order valence-corrected chi connectivity index (χ2v) is 9.13. The standard InChI is InChI=1S/C19H38N2O2/c1-14(2)19(7,8)13-20-15(3)12-16-10-9-11-21(16)17(22)23-18(4,5)6/h14-16,20H,9-13H2,1-8H3. The molecule has 0 radical (unpaired) electrons. The molecule has 1 aliphatic heterocycles. The van der Waals surface area contributed by atoms with Gasteiger partial charge in [0.1, 0.15) is 5.60 Å². The van der Waals surface area contributed by atoms with Crippen molar-refractivity contribution in [3.8, 4) is 0 Å². The molecule has 1 rings (SSSR count). The van der Waals surface area contributed by atoms with E-state index in [0.29, 0.717) is 18.0 Å². The summed E-state index contributed by atoms with van der Waals surface area (Å²) < 4.78 is 5.55. The zero-order valence-corrected chi connectivity index (χ0v) is 16.5. The first-order chi connectivity index (χ1) is 10.4. The number of nitrogens with zero attached hydrogens (tertiary/aromatic N) is 1. The molecule has 2 unspecified atom stereocenters. The third kappa shape index (κ3) is 6.70. The fourth-order valence-corrected chi connectivity index (χ4v) is 2.77. The molecule has 1 heterocycles. The van der Waals surface area contributed by atoms with Crippen LogP contribution in [0.4, 0.5) is 4.79 Å². The summed E-state index contributed by atoms with van der Waals surface area (Å²) >= 11 is 0. The minimum absolute atomic E-state index is 0.158. The van der Waals surface area contributed by atoms with Crippen LogP contribution < -0.4 is 5.32 Å². The predicted octanol–water partition coefficient (Wildman–Crippen LogP) is 4.44. The molecule has 1 N–H and O–H groups in total. The van der Waals surface area contributed by atoms with Gasteiger partial charge in [0.2, 0.25) is 0 Å². The Kier molecular flexibility index (Phi) is 6.94. The van der Waals surface area contributed by atoms with Crippen molar-refractivity contribution in [2.75, 3.05) is 13.1 Å². The fourth-order valence-electron chi connectivity index (χ4n) is 2.77. The maximum Gasteiger partial charge on any atom is 0.410 e.